The van der Waals surface area contributed by atoms with E-state index in [1.165, 1.54) is 10.5 Å². The molecule has 1 saturated heterocycles. The number of carbonyl (C=O) groups excluding carboxylic acids is 1. The minimum absolute atomic E-state index is 0.152. The zero-order chi connectivity index (χ0) is 15.0. The van der Waals surface area contributed by atoms with E-state index < -0.39 is 10.0 Å². The fourth-order valence-electron chi connectivity index (χ4n) is 2.45. The van der Waals surface area contributed by atoms with Crippen molar-refractivity contribution in [3.63, 3.8) is 0 Å². The molecule has 0 bridgehead atoms. The number of fused-ring (bicyclic) bond motifs is 1. The summed E-state index contributed by atoms with van der Waals surface area (Å²) in [4.78, 5) is 14.7. The van der Waals surface area contributed by atoms with Crippen molar-refractivity contribution in [3.8, 4) is 0 Å². The number of nitrogens with zero attached hydrogens (tertiary/aromatic N) is 1. The summed E-state index contributed by atoms with van der Waals surface area (Å²) in [5.41, 5.74) is 6.92. The highest BCUT2D eigenvalue weighted by Gasteiger charge is 2.30. The van der Waals surface area contributed by atoms with Gasteiger partial charge in [0.1, 0.15) is 4.90 Å². The SMILES string of the molecule is Nc1ccc2[nH]cc(S(=O)(=O)N3CCCNC(=O)C3)c2c1. The molecule has 0 radical (unpaired) electrons. The van der Waals surface area contributed by atoms with Crippen LogP contribution in [0.5, 0.6) is 0 Å². The van der Waals surface area contributed by atoms with Crippen LogP contribution in [0.3, 0.4) is 0 Å². The number of aromatic nitrogens is 1. The van der Waals surface area contributed by atoms with Crippen molar-refractivity contribution >= 4 is 32.5 Å². The molecule has 112 valence electrons. The van der Waals surface area contributed by atoms with Crippen molar-refractivity contribution in [3.05, 3.63) is 24.4 Å². The molecule has 3 rings (SSSR count). The molecule has 0 unspecified atom stereocenters. The molecular formula is C13H16N4O3S. The number of H-pyrrole nitrogens is 1. The van der Waals surface area contributed by atoms with Gasteiger partial charge in [-0.3, -0.25) is 4.79 Å². The summed E-state index contributed by atoms with van der Waals surface area (Å²) in [5, 5.41) is 3.21. The third-order valence-electron chi connectivity index (χ3n) is 3.51. The second kappa shape index (κ2) is 5.05. The number of benzene rings is 1. The van der Waals surface area contributed by atoms with Gasteiger partial charge in [0.25, 0.3) is 0 Å². The van der Waals surface area contributed by atoms with Crippen molar-refractivity contribution in [1.29, 1.82) is 0 Å². The minimum atomic E-state index is -3.73. The number of sulfonamides is 1. The Morgan fingerprint density at radius 1 is 1.29 bits per heavy atom. The number of amides is 1. The Labute approximate surface area is 122 Å². The summed E-state index contributed by atoms with van der Waals surface area (Å²) >= 11 is 0. The van der Waals surface area contributed by atoms with Crippen molar-refractivity contribution < 1.29 is 13.2 Å². The molecule has 0 saturated carbocycles. The third kappa shape index (κ3) is 2.47. The van der Waals surface area contributed by atoms with Crippen LogP contribution in [0.1, 0.15) is 6.42 Å². The molecule has 1 amide bonds. The van der Waals surface area contributed by atoms with Crippen LogP contribution >= 0.6 is 0 Å². The maximum atomic E-state index is 12.8. The standard InChI is InChI=1S/C13H16N4O3S/c14-9-2-3-11-10(6-9)12(7-16-11)21(19,20)17-5-1-4-15-13(18)8-17/h2-3,6-7,16H,1,4-5,8,14H2,(H,15,18). The summed E-state index contributed by atoms with van der Waals surface area (Å²) in [6.07, 6.45) is 2.04. The normalized spacial score (nSPS) is 17.6. The van der Waals surface area contributed by atoms with Crippen LogP contribution in [-0.2, 0) is 14.8 Å². The van der Waals surface area contributed by atoms with E-state index in [9.17, 15) is 13.2 Å². The first-order valence-electron chi connectivity index (χ1n) is 6.62. The highest BCUT2D eigenvalue weighted by molar-refractivity contribution is 7.89. The molecule has 1 aromatic heterocycles. The lowest BCUT2D eigenvalue weighted by Gasteiger charge is -2.18. The third-order valence-corrected chi connectivity index (χ3v) is 5.40. The van der Waals surface area contributed by atoms with E-state index >= 15 is 0 Å². The molecule has 7 nitrogen and oxygen atoms in total. The van der Waals surface area contributed by atoms with Gasteiger partial charge in [-0.25, -0.2) is 8.42 Å². The van der Waals surface area contributed by atoms with Crippen LogP contribution in [0.25, 0.3) is 10.9 Å². The fourth-order valence-corrected chi connectivity index (χ4v) is 4.04. The number of rotatable bonds is 2. The van der Waals surface area contributed by atoms with E-state index in [0.29, 0.717) is 36.1 Å². The van der Waals surface area contributed by atoms with Gasteiger partial charge in [-0.1, -0.05) is 0 Å². The average molecular weight is 308 g/mol. The van der Waals surface area contributed by atoms with E-state index in [1.54, 1.807) is 18.2 Å². The monoisotopic (exact) mass is 308 g/mol. The zero-order valence-corrected chi connectivity index (χ0v) is 12.1. The number of hydrogen-bond donors (Lipinski definition) is 3. The molecule has 1 aliphatic heterocycles. The largest absolute Gasteiger partial charge is 0.399 e. The predicted molar refractivity (Wildman–Crippen MR) is 79.1 cm³/mol. The molecule has 1 aromatic carbocycles. The zero-order valence-electron chi connectivity index (χ0n) is 11.3. The Morgan fingerprint density at radius 3 is 2.90 bits per heavy atom. The highest BCUT2D eigenvalue weighted by atomic mass is 32.2. The van der Waals surface area contributed by atoms with Crippen molar-refractivity contribution in [2.24, 2.45) is 0 Å². The molecule has 21 heavy (non-hydrogen) atoms. The highest BCUT2D eigenvalue weighted by Crippen LogP contribution is 2.27. The molecular weight excluding hydrogens is 292 g/mol. The van der Waals surface area contributed by atoms with Gasteiger partial charge in [0, 0.05) is 35.9 Å². The van der Waals surface area contributed by atoms with Gasteiger partial charge in [-0.2, -0.15) is 4.31 Å². The molecule has 4 N–H and O–H groups in total. The number of nitrogens with two attached hydrogens (primary N) is 1. The number of carbonyl (C=O) groups is 1. The first-order valence-corrected chi connectivity index (χ1v) is 8.06. The Morgan fingerprint density at radius 2 is 2.10 bits per heavy atom. The number of nitrogen functional groups attached to an aromatic ring is 1. The molecule has 8 heteroatoms. The topological polar surface area (TPSA) is 108 Å². The van der Waals surface area contributed by atoms with Crippen LogP contribution in [0.4, 0.5) is 5.69 Å². The second-order valence-corrected chi connectivity index (χ2v) is 6.91. The number of anilines is 1. The van der Waals surface area contributed by atoms with Crippen LogP contribution < -0.4 is 11.1 Å². The lowest BCUT2D eigenvalue weighted by Crippen LogP contribution is -2.37. The lowest BCUT2D eigenvalue weighted by atomic mass is 10.2. The molecule has 0 atom stereocenters. The Bertz CT molecular complexity index is 797. The number of nitrogens with one attached hydrogen (secondary N) is 2. The Balaban J connectivity index is 2.07. The number of aromatic amines is 1. The maximum absolute atomic E-state index is 12.8. The molecule has 2 heterocycles. The summed E-state index contributed by atoms with van der Waals surface area (Å²) in [6.45, 7) is 0.652. The van der Waals surface area contributed by atoms with Crippen LogP contribution in [0.2, 0.25) is 0 Å². The molecule has 2 aromatic rings. The van der Waals surface area contributed by atoms with Gasteiger partial charge < -0.3 is 16.0 Å². The number of hydrogen-bond acceptors (Lipinski definition) is 4. The van der Waals surface area contributed by atoms with E-state index in [2.05, 4.69) is 10.3 Å². The first-order chi connectivity index (χ1) is 9.98. The van der Waals surface area contributed by atoms with Crippen molar-refractivity contribution in [1.82, 2.24) is 14.6 Å². The van der Waals surface area contributed by atoms with Gasteiger partial charge in [0.15, 0.2) is 0 Å². The average Bonchev–Trinajstić information content (AvgIpc) is 2.72. The summed E-state index contributed by atoms with van der Waals surface area (Å²) in [6, 6.07) is 5.06. The maximum Gasteiger partial charge on any atom is 0.245 e. The van der Waals surface area contributed by atoms with Gasteiger partial charge in [0.2, 0.25) is 15.9 Å². The van der Waals surface area contributed by atoms with Crippen molar-refractivity contribution in [2.45, 2.75) is 11.3 Å². The van der Waals surface area contributed by atoms with Crippen LogP contribution in [0, 0.1) is 0 Å². The fraction of sp³-hybridized carbons (Fsp3) is 0.308. The lowest BCUT2D eigenvalue weighted by molar-refractivity contribution is -0.120. The van der Waals surface area contributed by atoms with Crippen LogP contribution in [0.15, 0.2) is 29.3 Å². The van der Waals surface area contributed by atoms with Gasteiger partial charge >= 0.3 is 0 Å². The molecule has 0 spiro atoms. The van der Waals surface area contributed by atoms with Crippen molar-refractivity contribution in [2.75, 3.05) is 25.4 Å². The smallest absolute Gasteiger partial charge is 0.245 e. The molecule has 1 fully saturated rings. The Hall–Kier alpha value is -2.06. The van der Waals surface area contributed by atoms with Gasteiger partial charge in [-0.15, -0.1) is 0 Å². The van der Waals surface area contributed by atoms with E-state index in [1.807, 2.05) is 0 Å². The molecule has 1 aliphatic rings. The summed E-state index contributed by atoms with van der Waals surface area (Å²) in [7, 11) is -3.73. The van der Waals surface area contributed by atoms with Crippen LogP contribution in [-0.4, -0.2) is 43.2 Å². The summed E-state index contributed by atoms with van der Waals surface area (Å²) < 4.78 is 26.7. The van der Waals surface area contributed by atoms with E-state index in [0.717, 1.165) is 0 Å². The van der Waals surface area contributed by atoms with Gasteiger partial charge in [-0.05, 0) is 24.6 Å². The van der Waals surface area contributed by atoms with Gasteiger partial charge in [0.05, 0.1) is 6.54 Å². The minimum Gasteiger partial charge on any atom is -0.399 e. The van der Waals surface area contributed by atoms with E-state index in [-0.39, 0.29) is 17.3 Å². The summed E-state index contributed by atoms with van der Waals surface area (Å²) in [5.74, 6) is -0.282. The first kappa shape index (κ1) is 13.9. The predicted octanol–water partition coefficient (Wildman–Crippen LogP) is 0.261. The van der Waals surface area contributed by atoms with E-state index in [4.69, 9.17) is 5.73 Å². The quantitative estimate of drug-likeness (QED) is 0.691. The Kier molecular flexibility index (Phi) is 3.34. The second-order valence-electron chi connectivity index (χ2n) is 5.00. The molecule has 0 aliphatic carbocycles.